The van der Waals surface area contributed by atoms with E-state index in [0.717, 1.165) is 18.1 Å². The molecule has 0 amide bonds. The van der Waals surface area contributed by atoms with Crippen LogP contribution in [0.1, 0.15) is 56.5 Å². The monoisotopic (exact) mass is 463 g/mol. The molecular weight excluding hydrogens is 435 g/mol. The Labute approximate surface area is 190 Å². The highest BCUT2D eigenvalue weighted by molar-refractivity contribution is 8.00. The number of thioether (sulfide) groups is 1. The van der Waals surface area contributed by atoms with Gasteiger partial charge in [0, 0.05) is 59.4 Å². The van der Waals surface area contributed by atoms with Crippen LogP contribution in [0.5, 0.6) is 0 Å². The van der Waals surface area contributed by atoms with E-state index < -0.39 is 11.7 Å². The SMILES string of the molecule is CC(C)n1nc(-c2cncc(C(F)(F)F)c2)nc1C1C2CC(N3CCC4(CSC4)C3)CC21. The Morgan fingerprint density at radius 1 is 1.16 bits per heavy atom. The Hall–Kier alpha value is -1.61. The van der Waals surface area contributed by atoms with Gasteiger partial charge in [0.05, 0.1) is 5.56 Å². The lowest BCUT2D eigenvalue weighted by Crippen LogP contribution is -2.41. The molecule has 2 aromatic rings. The predicted octanol–water partition coefficient (Wildman–Crippen LogP) is 4.87. The summed E-state index contributed by atoms with van der Waals surface area (Å²) in [5.41, 5.74) is 0.157. The summed E-state index contributed by atoms with van der Waals surface area (Å²) in [6, 6.07) is 1.90. The van der Waals surface area contributed by atoms with Gasteiger partial charge in [-0.05, 0) is 57.6 Å². The van der Waals surface area contributed by atoms with Gasteiger partial charge in [0.2, 0.25) is 0 Å². The maximum atomic E-state index is 13.1. The highest BCUT2D eigenvalue weighted by Crippen LogP contribution is 2.64. The first kappa shape index (κ1) is 21.0. The van der Waals surface area contributed by atoms with E-state index in [2.05, 4.69) is 26.7 Å². The van der Waals surface area contributed by atoms with Crippen LogP contribution in [0.3, 0.4) is 0 Å². The van der Waals surface area contributed by atoms with Crippen molar-refractivity contribution >= 4 is 11.8 Å². The van der Waals surface area contributed by atoms with Crippen LogP contribution < -0.4 is 0 Å². The minimum Gasteiger partial charge on any atom is -0.300 e. The van der Waals surface area contributed by atoms with Crippen LogP contribution in [-0.4, -0.2) is 55.3 Å². The largest absolute Gasteiger partial charge is 0.417 e. The Morgan fingerprint density at radius 3 is 2.50 bits per heavy atom. The summed E-state index contributed by atoms with van der Waals surface area (Å²) in [4.78, 5) is 11.3. The zero-order valence-electron chi connectivity index (χ0n) is 18.3. The predicted molar refractivity (Wildman–Crippen MR) is 117 cm³/mol. The van der Waals surface area contributed by atoms with Crippen molar-refractivity contribution in [1.82, 2.24) is 24.6 Å². The van der Waals surface area contributed by atoms with E-state index in [1.165, 1.54) is 50.1 Å². The molecule has 4 aliphatic rings. The minimum atomic E-state index is -4.43. The van der Waals surface area contributed by atoms with Crippen molar-refractivity contribution in [3.05, 3.63) is 29.8 Å². The van der Waals surface area contributed by atoms with Crippen molar-refractivity contribution in [1.29, 1.82) is 0 Å². The molecular formula is C23H28F3N5S. The number of hydrogen-bond acceptors (Lipinski definition) is 5. The van der Waals surface area contributed by atoms with Crippen LogP contribution in [-0.2, 0) is 6.18 Å². The molecule has 0 N–H and O–H groups in total. The van der Waals surface area contributed by atoms with Gasteiger partial charge in [0.15, 0.2) is 5.82 Å². The standard InChI is InChI=1S/C23H28F3N5S/c1-13(2)31-21(28-20(29-31)14-5-15(9-27-8-14)23(24,25)26)19-17-6-16(7-18(17)19)30-4-3-22(10-30)11-32-12-22/h5,8-9,13,16-19H,3-4,6-7,10-12H2,1-2H3. The number of fused-ring (bicyclic) bond motifs is 1. The molecule has 0 radical (unpaired) electrons. The fourth-order valence-electron chi connectivity index (χ4n) is 6.18. The number of halogens is 3. The molecule has 9 heteroatoms. The third-order valence-electron chi connectivity index (χ3n) is 7.99. The summed E-state index contributed by atoms with van der Waals surface area (Å²) in [7, 11) is 0. The van der Waals surface area contributed by atoms with Crippen LogP contribution in [0.15, 0.2) is 18.5 Å². The fourth-order valence-corrected chi connectivity index (χ4v) is 7.44. The van der Waals surface area contributed by atoms with Crippen molar-refractivity contribution < 1.29 is 13.2 Å². The van der Waals surface area contributed by atoms with Crippen LogP contribution in [0.25, 0.3) is 11.4 Å². The number of rotatable bonds is 4. The lowest BCUT2D eigenvalue weighted by atomic mass is 9.91. The molecule has 1 spiro atoms. The van der Waals surface area contributed by atoms with Crippen molar-refractivity contribution in [2.24, 2.45) is 17.3 Å². The Morgan fingerprint density at radius 2 is 1.91 bits per heavy atom. The van der Waals surface area contributed by atoms with Gasteiger partial charge < -0.3 is 0 Å². The summed E-state index contributed by atoms with van der Waals surface area (Å²) in [5, 5.41) is 4.61. The van der Waals surface area contributed by atoms with E-state index in [-0.39, 0.29) is 6.04 Å². The van der Waals surface area contributed by atoms with Crippen LogP contribution >= 0.6 is 11.8 Å². The van der Waals surface area contributed by atoms with E-state index in [9.17, 15) is 13.2 Å². The van der Waals surface area contributed by atoms with Crippen molar-refractivity contribution in [2.75, 3.05) is 24.6 Å². The van der Waals surface area contributed by atoms with Crippen molar-refractivity contribution in [2.45, 2.75) is 57.3 Å². The second kappa shape index (κ2) is 7.19. The second-order valence-corrected chi connectivity index (χ2v) is 11.5. The van der Waals surface area contributed by atoms with E-state index in [1.54, 1.807) is 0 Å². The quantitative estimate of drug-likeness (QED) is 0.647. The maximum Gasteiger partial charge on any atom is 0.417 e. The van der Waals surface area contributed by atoms with Crippen LogP contribution in [0.4, 0.5) is 13.2 Å². The number of likely N-dealkylation sites (tertiary alicyclic amines) is 1. The number of alkyl halides is 3. The van der Waals surface area contributed by atoms with Gasteiger partial charge in [-0.15, -0.1) is 0 Å². The third-order valence-corrected chi connectivity index (χ3v) is 9.62. The van der Waals surface area contributed by atoms with E-state index in [1.807, 2.05) is 18.5 Å². The lowest BCUT2D eigenvalue weighted by Gasteiger charge is -2.38. The average molecular weight is 464 g/mol. The summed E-state index contributed by atoms with van der Waals surface area (Å²) in [6.07, 6.45) is 1.62. The second-order valence-electron chi connectivity index (χ2n) is 10.5. The zero-order chi connectivity index (χ0) is 22.3. The molecule has 2 saturated carbocycles. The number of pyridine rings is 1. The Bertz CT molecular complexity index is 1020. The molecule has 2 aliphatic heterocycles. The molecule has 2 aromatic heterocycles. The number of aromatic nitrogens is 4. The first-order chi connectivity index (χ1) is 15.2. The highest BCUT2D eigenvalue weighted by Gasteiger charge is 2.60. The van der Waals surface area contributed by atoms with Gasteiger partial charge >= 0.3 is 6.18 Å². The molecule has 2 saturated heterocycles. The van der Waals surface area contributed by atoms with Gasteiger partial charge in [0.25, 0.3) is 0 Å². The molecule has 2 unspecified atom stereocenters. The molecule has 4 fully saturated rings. The summed E-state index contributed by atoms with van der Waals surface area (Å²) in [6.45, 7) is 6.61. The van der Waals surface area contributed by atoms with Crippen molar-refractivity contribution in [3.8, 4) is 11.4 Å². The van der Waals surface area contributed by atoms with Gasteiger partial charge in [-0.2, -0.15) is 30.0 Å². The maximum absolute atomic E-state index is 13.1. The third kappa shape index (κ3) is 3.38. The first-order valence-corrected chi connectivity index (χ1v) is 12.7. The lowest BCUT2D eigenvalue weighted by molar-refractivity contribution is -0.137. The number of nitrogens with zero attached hydrogens (tertiary/aromatic N) is 5. The molecule has 0 bridgehead atoms. The Balaban J connectivity index is 1.20. The van der Waals surface area contributed by atoms with Gasteiger partial charge in [-0.1, -0.05) is 0 Å². The van der Waals surface area contributed by atoms with Crippen LogP contribution in [0.2, 0.25) is 0 Å². The molecule has 32 heavy (non-hydrogen) atoms. The highest BCUT2D eigenvalue weighted by atomic mass is 32.2. The van der Waals surface area contributed by atoms with E-state index in [0.29, 0.717) is 40.6 Å². The molecule has 6 rings (SSSR count). The molecule has 172 valence electrons. The average Bonchev–Trinajstić information content (AvgIpc) is 3.20. The van der Waals surface area contributed by atoms with Gasteiger partial charge in [-0.25, -0.2) is 9.67 Å². The van der Waals surface area contributed by atoms with Crippen molar-refractivity contribution in [3.63, 3.8) is 0 Å². The summed E-state index contributed by atoms with van der Waals surface area (Å²) >= 11 is 2.08. The summed E-state index contributed by atoms with van der Waals surface area (Å²) in [5.74, 6) is 5.58. The first-order valence-electron chi connectivity index (χ1n) is 11.5. The number of hydrogen-bond donors (Lipinski definition) is 0. The smallest absolute Gasteiger partial charge is 0.300 e. The molecule has 2 atom stereocenters. The molecule has 2 aliphatic carbocycles. The van der Waals surface area contributed by atoms with E-state index >= 15 is 0 Å². The molecule has 0 aromatic carbocycles. The van der Waals surface area contributed by atoms with Crippen LogP contribution in [0, 0.1) is 17.3 Å². The normalized spacial score (nSPS) is 31.3. The Kier molecular flexibility index (Phi) is 4.71. The summed E-state index contributed by atoms with van der Waals surface area (Å²) < 4.78 is 41.3. The van der Waals surface area contributed by atoms with Gasteiger partial charge in [0.1, 0.15) is 5.82 Å². The topological polar surface area (TPSA) is 46.8 Å². The molecule has 4 heterocycles. The minimum absolute atomic E-state index is 0.108. The van der Waals surface area contributed by atoms with E-state index in [4.69, 9.17) is 4.98 Å². The van der Waals surface area contributed by atoms with Gasteiger partial charge in [-0.3, -0.25) is 9.88 Å². The zero-order valence-corrected chi connectivity index (χ0v) is 19.2. The fraction of sp³-hybridized carbons (Fsp3) is 0.696. The molecule has 5 nitrogen and oxygen atoms in total.